The third kappa shape index (κ3) is 8.08. The van der Waals surface area contributed by atoms with E-state index in [1.54, 1.807) is 12.1 Å². The van der Waals surface area contributed by atoms with Crippen molar-refractivity contribution in [3.05, 3.63) is 131 Å². The zero-order valence-electron chi connectivity index (χ0n) is 23.1. The van der Waals surface area contributed by atoms with Crippen LogP contribution in [0, 0.1) is 11.8 Å². The molecule has 0 radical (unpaired) electrons. The summed E-state index contributed by atoms with van der Waals surface area (Å²) >= 11 is 0. The zero-order valence-corrected chi connectivity index (χ0v) is 23.1. The Balaban J connectivity index is 1.55. The molecule has 38 heavy (non-hydrogen) atoms. The highest BCUT2D eigenvalue weighted by molar-refractivity contribution is 5.91. The monoisotopic (exact) mass is 505 g/mol. The number of esters is 1. The van der Waals surface area contributed by atoms with E-state index in [2.05, 4.69) is 87.2 Å². The van der Waals surface area contributed by atoms with Crippen LogP contribution < -0.4 is 9.64 Å². The summed E-state index contributed by atoms with van der Waals surface area (Å²) in [5.41, 5.74) is 6.78. The van der Waals surface area contributed by atoms with Gasteiger partial charge >= 0.3 is 5.97 Å². The number of rotatable bonds is 11. The Hall–Kier alpha value is -3.85. The molecule has 0 N–H and O–H groups in total. The molecule has 0 aliphatic heterocycles. The molecule has 0 saturated heterocycles. The summed E-state index contributed by atoms with van der Waals surface area (Å²) in [6, 6.07) is 34.9. The van der Waals surface area contributed by atoms with Crippen LogP contribution in [0.15, 0.2) is 103 Å². The average molecular weight is 506 g/mol. The maximum Gasteiger partial charge on any atom is 0.343 e. The molecule has 3 heteroatoms. The van der Waals surface area contributed by atoms with Crippen LogP contribution in [0.1, 0.15) is 60.3 Å². The minimum Gasteiger partial charge on any atom is -0.423 e. The highest BCUT2D eigenvalue weighted by Gasteiger charge is 2.13. The fourth-order valence-corrected chi connectivity index (χ4v) is 4.70. The standard InChI is InChI=1S/C35H39NO2/c1-26(2)21-28-13-15-30(16-14-28)24-36(33-19-17-29(18-20-33)22-27(3)4)25-31-9-8-10-32(23-31)35(37)38-34-11-6-5-7-12-34/h5-20,23,26-27H,21-22,24-25H2,1-4H3. The van der Waals surface area contributed by atoms with Crippen molar-refractivity contribution < 1.29 is 9.53 Å². The van der Waals surface area contributed by atoms with Gasteiger partial charge in [-0.3, -0.25) is 0 Å². The first kappa shape index (κ1) is 27.2. The third-order valence-electron chi connectivity index (χ3n) is 6.48. The van der Waals surface area contributed by atoms with Crippen molar-refractivity contribution in [2.24, 2.45) is 11.8 Å². The molecule has 0 saturated carbocycles. The number of nitrogens with zero attached hydrogens (tertiary/aromatic N) is 1. The minimum absolute atomic E-state index is 0.344. The number of para-hydroxylation sites is 1. The Morgan fingerprint density at radius 2 is 1.18 bits per heavy atom. The van der Waals surface area contributed by atoms with Crippen LogP contribution in [0.4, 0.5) is 5.69 Å². The van der Waals surface area contributed by atoms with E-state index in [1.807, 2.05) is 36.4 Å². The molecule has 0 aliphatic carbocycles. The molecule has 196 valence electrons. The summed E-state index contributed by atoms with van der Waals surface area (Å²) in [6.45, 7) is 10.5. The molecule has 0 unspecified atom stereocenters. The van der Waals surface area contributed by atoms with Gasteiger partial charge in [0.25, 0.3) is 0 Å². The Kier molecular flexibility index (Phi) is 9.37. The van der Waals surface area contributed by atoms with Crippen molar-refractivity contribution in [1.82, 2.24) is 0 Å². The van der Waals surface area contributed by atoms with Crippen LogP contribution in [0.5, 0.6) is 5.75 Å². The van der Waals surface area contributed by atoms with Gasteiger partial charge in [0.05, 0.1) is 5.56 Å². The van der Waals surface area contributed by atoms with Crippen LogP contribution in [0.3, 0.4) is 0 Å². The molecule has 0 fully saturated rings. The molecule has 0 aromatic heterocycles. The zero-order chi connectivity index (χ0) is 26.9. The van der Waals surface area contributed by atoms with Gasteiger partial charge in [-0.25, -0.2) is 4.79 Å². The van der Waals surface area contributed by atoms with E-state index in [-0.39, 0.29) is 5.97 Å². The van der Waals surface area contributed by atoms with E-state index in [4.69, 9.17) is 4.74 Å². The van der Waals surface area contributed by atoms with Crippen LogP contribution in [0.2, 0.25) is 0 Å². The van der Waals surface area contributed by atoms with Crippen molar-refractivity contribution in [3.8, 4) is 5.75 Å². The number of carbonyl (C=O) groups is 1. The molecule has 3 nitrogen and oxygen atoms in total. The average Bonchev–Trinajstić information content (AvgIpc) is 2.90. The molecule has 0 atom stereocenters. The summed E-state index contributed by atoms with van der Waals surface area (Å²) in [6.07, 6.45) is 2.16. The number of hydrogen-bond donors (Lipinski definition) is 0. The number of hydrogen-bond acceptors (Lipinski definition) is 3. The van der Waals surface area contributed by atoms with Crippen LogP contribution in [-0.4, -0.2) is 5.97 Å². The van der Waals surface area contributed by atoms with Gasteiger partial charge in [-0.05, 0) is 83.3 Å². The first-order valence-electron chi connectivity index (χ1n) is 13.6. The largest absolute Gasteiger partial charge is 0.423 e. The van der Waals surface area contributed by atoms with Gasteiger partial charge in [-0.15, -0.1) is 0 Å². The van der Waals surface area contributed by atoms with Crippen molar-refractivity contribution >= 4 is 11.7 Å². The van der Waals surface area contributed by atoms with Gasteiger partial charge in [-0.2, -0.15) is 0 Å². The van der Waals surface area contributed by atoms with Gasteiger partial charge in [0, 0.05) is 18.8 Å². The smallest absolute Gasteiger partial charge is 0.343 e. The van der Waals surface area contributed by atoms with Gasteiger partial charge in [0.15, 0.2) is 0 Å². The Morgan fingerprint density at radius 1 is 0.632 bits per heavy atom. The maximum atomic E-state index is 12.8. The van der Waals surface area contributed by atoms with Gasteiger partial charge in [-0.1, -0.05) is 94.4 Å². The number of ether oxygens (including phenoxy) is 1. The first-order chi connectivity index (χ1) is 18.4. The van der Waals surface area contributed by atoms with E-state index in [1.165, 1.54) is 22.4 Å². The maximum absolute atomic E-state index is 12.8. The van der Waals surface area contributed by atoms with Gasteiger partial charge < -0.3 is 9.64 Å². The molecule has 0 bridgehead atoms. The van der Waals surface area contributed by atoms with Gasteiger partial charge in [0.2, 0.25) is 0 Å². The summed E-state index contributed by atoms with van der Waals surface area (Å²) in [4.78, 5) is 15.2. The summed E-state index contributed by atoms with van der Waals surface area (Å²) in [5, 5.41) is 0. The number of benzene rings is 4. The van der Waals surface area contributed by atoms with Crippen LogP contribution in [0.25, 0.3) is 0 Å². The summed E-state index contributed by atoms with van der Waals surface area (Å²) < 4.78 is 5.57. The Morgan fingerprint density at radius 3 is 1.79 bits per heavy atom. The predicted octanol–water partition coefficient (Wildman–Crippen LogP) is 8.51. The van der Waals surface area contributed by atoms with Crippen molar-refractivity contribution in [2.45, 2.75) is 53.6 Å². The molecular weight excluding hydrogens is 466 g/mol. The number of carbonyl (C=O) groups excluding carboxylic acids is 1. The fourth-order valence-electron chi connectivity index (χ4n) is 4.70. The molecule has 0 amide bonds. The van der Waals surface area contributed by atoms with E-state index in [0.717, 1.165) is 24.9 Å². The molecule has 0 heterocycles. The lowest BCUT2D eigenvalue weighted by Crippen LogP contribution is -2.22. The SMILES string of the molecule is CC(C)Cc1ccc(CN(Cc2cccc(C(=O)Oc3ccccc3)c2)c2ccc(CC(C)C)cc2)cc1. The van der Waals surface area contributed by atoms with Crippen molar-refractivity contribution in [3.63, 3.8) is 0 Å². The quantitative estimate of drug-likeness (QED) is 0.151. The lowest BCUT2D eigenvalue weighted by molar-refractivity contribution is 0.0734. The molecule has 4 aromatic carbocycles. The van der Waals surface area contributed by atoms with Crippen LogP contribution in [-0.2, 0) is 25.9 Å². The molecule has 4 rings (SSSR count). The second-order valence-corrected chi connectivity index (χ2v) is 10.9. The molecule has 0 aliphatic rings. The Bertz CT molecular complexity index is 1290. The molecule has 4 aromatic rings. The van der Waals surface area contributed by atoms with Crippen molar-refractivity contribution in [1.29, 1.82) is 0 Å². The molecule has 0 spiro atoms. The summed E-state index contributed by atoms with van der Waals surface area (Å²) in [7, 11) is 0. The van der Waals surface area contributed by atoms with Crippen molar-refractivity contribution in [2.75, 3.05) is 4.90 Å². The van der Waals surface area contributed by atoms with E-state index in [0.29, 0.717) is 29.7 Å². The fraction of sp³-hybridized carbons (Fsp3) is 0.286. The first-order valence-corrected chi connectivity index (χ1v) is 13.6. The highest BCUT2D eigenvalue weighted by Crippen LogP contribution is 2.23. The van der Waals surface area contributed by atoms with E-state index >= 15 is 0 Å². The summed E-state index contributed by atoms with van der Waals surface area (Å²) in [5.74, 6) is 1.47. The van der Waals surface area contributed by atoms with E-state index in [9.17, 15) is 4.79 Å². The topological polar surface area (TPSA) is 29.5 Å². The normalized spacial score (nSPS) is 11.1. The van der Waals surface area contributed by atoms with Gasteiger partial charge in [0.1, 0.15) is 5.75 Å². The second kappa shape index (κ2) is 13.1. The van der Waals surface area contributed by atoms with E-state index < -0.39 is 0 Å². The minimum atomic E-state index is -0.344. The number of anilines is 1. The lowest BCUT2D eigenvalue weighted by atomic mass is 10.0. The third-order valence-corrected chi connectivity index (χ3v) is 6.48. The van der Waals surface area contributed by atoms with Crippen LogP contribution >= 0.6 is 0 Å². The lowest BCUT2D eigenvalue weighted by Gasteiger charge is -2.26. The second-order valence-electron chi connectivity index (χ2n) is 10.9. The predicted molar refractivity (Wildman–Crippen MR) is 158 cm³/mol. The molecular formula is C35H39NO2. The Labute approximate surface area is 228 Å². The highest BCUT2D eigenvalue weighted by atomic mass is 16.5.